The van der Waals surface area contributed by atoms with Crippen molar-refractivity contribution in [2.24, 2.45) is 0 Å². The summed E-state index contributed by atoms with van der Waals surface area (Å²) in [6.45, 7) is 3.48. The van der Waals surface area contributed by atoms with Gasteiger partial charge in [0.1, 0.15) is 17.5 Å². The van der Waals surface area contributed by atoms with Gasteiger partial charge in [0, 0.05) is 37.1 Å². The number of aromatic nitrogens is 2. The molecular weight excluding hydrogens is 395 g/mol. The molecule has 1 N–H and O–H groups in total. The van der Waals surface area contributed by atoms with Gasteiger partial charge in [-0.15, -0.1) is 0 Å². The highest BCUT2D eigenvalue weighted by atomic mass is 19.1. The molecule has 0 saturated carbocycles. The Bertz CT molecular complexity index is 1080. The van der Waals surface area contributed by atoms with Crippen LogP contribution in [0.15, 0.2) is 66.4 Å². The first-order valence-corrected chi connectivity index (χ1v) is 10.0. The Balaban J connectivity index is 1.92. The van der Waals surface area contributed by atoms with Crippen molar-refractivity contribution in [1.29, 1.82) is 5.26 Å². The van der Waals surface area contributed by atoms with Crippen LogP contribution in [-0.2, 0) is 9.53 Å². The lowest BCUT2D eigenvalue weighted by molar-refractivity contribution is -0.117. The molecule has 7 heteroatoms. The van der Waals surface area contributed by atoms with E-state index in [1.54, 1.807) is 23.0 Å². The van der Waals surface area contributed by atoms with E-state index >= 15 is 0 Å². The molecule has 158 valence electrons. The standard InChI is InChI=1S/C24H23FN4O2/c1-2-31-14-6-13-27-24(30)19(16-26)15-20-17-29(22-7-4-3-5-8-22)28-23(20)18-9-11-21(25)12-10-18/h3-5,7-12,15,17H,2,6,13-14H2,1H3,(H,27,30)/b19-15+. The van der Waals surface area contributed by atoms with Gasteiger partial charge in [-0.3, -0.25) is 4.79 Å². The van der Waals surface area contributed by atoms with Crippen molar-refractivity contribution in [3.8, 4) is 23.0 Å². The molecule has 0 saturated heterocycles. The Kier molecular flexibility index (Phi) is 7.68. The first kappa shape index (κ1) is 21.9. The minimum atomic E-state index is -0.462. The zero-order chi connectivity index (χ0) is 22.1. The second-order valence-electron chi connectivity index (χ2n) is 6.70. The Morgan fingerprint density at radius 2 is 1.97 bits per heavy atom. The number of carbonyl (C=O) groups is 1. The molecule has 6 nitrogen and oxygen atoms in total. The molecule has 2 aromatic carbocycles. The van der Waals surface area contributed by atoms with E-state index in [9.17, 15) is 14.4 Å². The van der Waals surface area contributed by atoms with Crippen LogP contribution >= 0.6 is 0 Å². The minimum Gasteiger partial charge on any atom is -0.382 e. The van der Waals surface area contributed by atoms with Gasteiger partial charge >= 0.3 is 0 Å². The first-order chi connectivity index (χ1) is 15.1. The van der Waals surface area contributed by atoms with Crippen molar-refractivity contribution in [3.63, 3.8) is 0 Å². The number of hydrogen-bond acceptors (Lipinski definition) is 4. The molecule has 1 aromatic heterocycles. The van der Waals surface area contributed by atoms with E-state index in [0.717, 1.165) is 5.69 Å². The van der Waals surface area contributed by atoms with E-state index in [1.165, 1.54) is 18.2 Å². The smallest absolute Gasteiger partial charge is 0.261 e. The number of rotatable bonds is 9. The second kappa shape index (κ2) is 10.9. The molecule has 0 unspecified atom stereocenters. The van der Waals surface area contributed by atoms with Gasteiger partial charge in [-0.25, -0.2) is 9.07 Å². The lowest BCUT2D eigenvalue weighted by atomic mass is 10.1. The van der Waals surface area contributed by atoms with Gasteiger partial charge in [-0.2, -0.15) is 10.4 Å². The SMILES string of the molecule is CCOCCCNC(=O)/C(C#N)=C/c1cn(-c2ccccc2)nc1-c1ccc(F)cc1. The molecule has 31 heavy (non-hydrogen) atoms. The third-order valence-electron chi connectivity index (χ3n) is 4.50. The van der Waals surface area contributed by atoms with Crippen molar-refractivity contribution < 1.29 is 13.9 Å². The van der Waals surface area contributed by atoms with Gasteiger partial charge < -0.3 is 10.1 Å². The fourth-order valence-electron chi connectivity index (χ4n) is 2.96. The summed E-state index contributed by atoms with van der Waals surface area (Å²) in [7, 11) is 0. The fraction of sp³-hybridized carbons (Fsp3) is 0.208. The van der Waals surface area contributed by atoms with Crippen molar-refractivity contribution in [3.05, 3.63) is 77.7 Å². The molecule has 1 amide bonds. The molecule has 0 radical (unpaired) electrons. The Morgan fingerprint density at radius 1 is 1.23 bits per heavy atom. The molecule has 3 aromatic rings. The van der Waals surface area contributed by atoms with Crippen LogP contribution in [0.2, 0.25) is 0 Å². The summed E-state index contributed by atoms with van der Waals surface area (Å²) in [6.07, 6.45) is 3.90. The highest BCUT2D eigenvalue weighted by molar-refractivity contribution is 6.02. The topological polar surface area (TPSA) is 79.9 Å². The summed E-state index contributed by atoms with van der Waals surface area (Å²) in [5, 5.41) is 16.9. The van der Waals surface area contributed by atoms with Gasteiger partial charge in [-0.05, 0) is 55.8 Å². The average molecular weight is 418 g/mol. The summed E-state index contributed by atoms with van der Waals surface area (Å²) in [5.41, 5.74) is 2.59. The summed E-state index contributed by atoms with van der Waals surface area (Å²) < 4.78 is 20.3. The molecule has 3 rings (SSSR count). The minimum absolute atomic E-state index is 0.0348. The highest BCUT2D eigenvalue weighted by Gasteiger charge is 2.15. The molecule has 0 spiro atoms. The maximum Gasteiger partial charge on any atom is 0.261 e. The van der Waals surface area contributed by atoms with Gasteiger partial charge in [-0.1, -0.05) is 18.2 Å². The molecular formula is C24H23FN4O2. The summed E-state index contributed by atoms with van der Waals surface area (Å²) in [5.74, 6) is -0.816. The monoisotopic (exact) mass is 418 g/mol. The summed E-state index contributed by atoms with van der Waals surface area (Å²) in [6, 6.07) is 17.4. The molecule has 0 fully saturated rings. The zero-order valence-corrected chi connectivity index (χ0v) is 17.2. The largest absolute Gasteiger partial charge is 0.382 e. The number of halogens is 1. The van der Waals surface area contributed by atoms with Crippen LogP contribution in [0.1, 0.15) is 18.9 Å². The third-order valence-corrected chi connectivity index (χ3v) is 4.50. The molecule has 0 aliphatic carbocycles. The summed E-state index contributed by atoms with van der Waals surface area (Å²) in [4.78, 5) is 12.5. The van der Waals surface area contributed by atoms with Crippen LogP contribution in [0.25, 0.3) is 23.0 Å². The molecule has 0 atom stereocenters. The number of benzene rings is 2. The predicted octanol–water partition coefficient (Wildman–Crippen LogP) is 4.13. The van der Waals surface area contributed by atoms with Crippen LogP contribution in [0, 0.1) is 17.1 Å². The van der Waals surface area contributed by atoms with Crippen molar-refractivity contribution in [1.82, 2.24) is 15.1 Å². The lowest BCUT2D eigenvalue weighted by Gasteiger charge is -2.04. The van der Waals surface area contributed by atoms with Crippen LogP contribution in [0.5, 0.6) is 0 Å². The number of hydrogen-bond donors (Lipinski definition) is 1. The normalized spacial score (nSPS) is 11.2. The van der Waals surface area contributed by atoms with Gasteiger partial charge in [0.2, 0.25) is 0 Å². The van der Waals surface area contributed by atoms with Crippen LogP contribution < -0.4 is 5.32 Å². The Labute approximate surface area is 180 Å². The van der Waals surface area contributed by atoms with Crippen LogP contribution in [-0.4, -0.2) is 35.4 Å². The molecule has 0 bridgehead atoms. The average Bonchev–Trinajstić information content (AvgIpc) is 3.22. The number of nitriles is 1. The van der Waals surface area contributed by atoms with E-state index < -0.39 is 5.91 Å². The third kappa shape index (κ3) is 5.87. The van der Waals surface area contributed by atoms with E-state index in [0.29, 0.717) is 43.0 Å². The van der Waals surface area contributed by atoms with E-state index in [-0.39, 0.29) is 11.4 Å². The number of nitrogens with zero attached hydrogens (tertiary/aromatic N) is 3. The highest BCUT2D eigenvalue weighted by Crippen LogP contribution is 2.26. The number of amides is 1. The Morgan fingerprint density at radius 3 is 2.65 bits per heavy atom. The maximum absolute atomic E-state index is 13.4. The summed E-state index contributed by atoms with van der Waals surface area (Å²) >= 11 is 0. The lowest BCUT2D eigenvalue weighted by Crippen LogP contribution is -2.26. The fourth-order valence-corrected chi connectivity index (χ4v) is 2.96. The van der Waals surface area contributed by atoms with Crippen LogP contribution in [0.4, 0.5) is 4.39 Å². The first-order valence-electron chi connectivity index (χ1n) is 10.0. The van der Waals surface area contributed by atoms with Crippen molar-refractivity contribution in [2.75, 3.05) is 19.8 Å². The van der Waals surface area contributed by atoms with Gasteiger partial charge in [0.15, 0.2) is 0 Å². The quantitative estimate of drug-likeness (QED) is 0.322. The van der Waals surface area contributed by atoms with Crippen molar-refractivity contribution >= 4 is 12.0 Å². The van der Waals surface area contributed by atoms with Crippen molar-refractivity contribution in [2.45, 2.75) is 13.3 Å². The number of nitrogens with one attached hydrogen (secondary N) is 1. The van der Waals surface area contributed by atoms with E-state index in [4.69, 9.17) is 4.74 Å². The van der Waals surface area contributed by atoms with Crippen LogP contribution in [0.3, 0.4) is 0 Å². The van der Waals surface area contributed by atoms with Gasteiger partial charge in [0.25, 0.3) is 5.91 Å². The predicted molar refractivity (Wildman–Crippen MR) is 117 cm³/mol. The van der Waals surface area contributed by atoms with Gasteiger partial charge in [0.05, 0.1) is 11.4 Å². The number of ether oxygens (including phenoxy) is 1. The van der Waals surface area contributed by atoms with E-state index in [2.05, 4.69) is 10.4 Å². The maximum atomic E-state index is 13.4. The molecule has 0 aliphatic rings. The Hall–Kier alpha value is -3.76. The number of carbonyl (C=O) groups excluding carboxylic acids is 1. The number of para-hydroxylation sites is 1. The zero-order valence-electron chi connectivity index (χ0n) is 17.2. The molecule has 0 aliphatic heterocycles. The van der Waals surface area contributed by atoms with E-state index in [1.807, 2.05) is 43.3 Å². The molecule has 1 heterocycles. The second-order valence-corrected chi connectivity index (χ2v) is 6.70.